The van der Waals surface area contributed by atoms with Crippen molar-refractivity contribution in [2.45, 2.75) is 155 Å². The van der Waals surface area contributed by atoms with Gasteiger partial charge in [-0.15, -0.1) is 0 Å². The van der Waals surface area contributed by atoms with Crippen LogP contribution in [0.15, 0.2) is 0 Å². The highest BCUT2D eigenvalue weighted by atomic mass is 16.8. The summed E-state index contributed by atoms with van der Waals surface area (Å²) in [4.78, 5) is 37.2. The zero-order valence-corrected chi connectivity index (χ0v) is 31.2. The van der Waals surface area contributed by atoms with E-state index < -0.39 is 172 Å². The lowest BCUT2D eigenvalue weighted by molar-refractivity contribution is -0.390. The quantitative estimate of drug-likeness (QED) is 0.0728. The molecule has 21 atom stereocenters. The number of hydrogen-bond donors (Lipinski definition) is 14. The molecule has 4 rings (SSSR count). The maximum atomic E-state index is 12.9. The first-order valence-electron chi connectivity index (χ1n) is 18.0. The summed E-state index contributed by atoms with van der Waals surface area (Å²) in [5.74, 6) is -6.56. The monoisotopic (exact) mass is 834 g/mol. The molecule has 0 spiro atoms. The van der Waals surface area contributed by atoms with Crippen LogP contribution in [0.25, 0.3) is 0 Å². The Morgan fingerprint density at radius 1 is 0.737 bits per heavy atom. The Bertz CT molecular complexity index is 1350. The third-order valence-electron chi connectivity index (χ3n) is 10.2. The van der Waals surface area contributed by atoms with E-state index in [1.807, 2.05) is 0 Å². The minimum Gasteiger partial charge on any atom is -0.477 e. The largest absolute Gasteiger partial charge is 0.477 e. The molecule has 19 unspecified atom stereocenters. The van der Waals surface area contributed by atoms with Crippen LogP contribution in [0, 0.1) is 0 Å². The minimum atomic E-state index is -3.10. The fraction of sp³-hybridized carbons (Fsp3) is 0.906. The molecule has 4 aliphatic heterocycles. The van der Waals surface area contributed by atoms with Crippen molar-refractivity contribution in [3.05, 3.63) is 0 Å². The first-order chi connectivity index (χ1) is 26.7. The van der Waals surface area contributed by atoms with Gasteiger partial charge in [-0.1, -0.05) is 0 Å². The SMILES string of the molecule is COC1OC(CO)C(OC2OC(CO)C(O)C(OC3(C(=O)O)CC(O)C(NC(C)=O)C([C@@H](O)[C@@H](O)CO)O3)C2O)C(OC2OC(C)C(O)C(O)C2O)C1NC(C)=O. The van der Waals surface area contributed by atoms with E-state index >= 15 is 0 Å². The van der Waals surface area contributed by atoms with Crippen LogP contribution in [-0.2, 0) is 52.3 Å². The molecule has 4 fully saturated rings. The molecule has 25 nitrogen and oxygen atoms in total. The standard InChI is InChI=1S/C32H54N2O23/c1-9-18(42)21(45)22(46)29(51-9)55-26-17(34-11(3)39)28(50-4)53-15(8-37)24(26)54-30-23(47)27(20(44)14(7-36)52-30)57-32(31(48)49)5-12(40)16(33-10(2)38)25(56-32)19(43)13(41)6-35/h9,12-30,35-37,40-47H,5-8H2,1-4H3,(H,33,38)(H,34,39)(H,48,49)/t9?,12?,13-,14?,15?,16?,17?,18?,19-,20?,21?,22?,23?,24?,25?,26?,27?,28?,29?,30?,32?/m0/s1. The normalized spacial score (nSPS) is 45.1. The Labute approximate surface area is 324 Å². The first-order valence-corrected chi connectivity index (χ1v) is 18.0. The summed E-state index contributed by atoms with van der Waals surface area (Å²) >= 11 is 0. The molecule has 57 heavy (non-hydrogen) atoms. The average molecular weight is 835 g/mol. The zero-order valence-electron chi connectivity index (χ0n) is 31.2. The Morgan fingerprint density at radius 3 is 1.84 bits per heavy atom. The van der Waals surface area contributed by atoms with E-state index in [2.05, 4.69) is 10.6 Å². The van der Waals surface area contributed by atoms with Crippen molar-refractivity contribution in [3.63, 3.8) is 0 Å². The highest BCUT2D eigenvalue weighted by Crippen LogP contribution is 2.39. The van der Waals surface area contributed by atoms with E-state index in [4.69, 9.17) is 37.9 Å². The van der Waals surface area contributed by atoms with Crippen LogP contribution < -0.4 is 10.6 Å². The average Bonchev–Trinajstić information content (AvgIpc) is 3.16. The topological polar surface area (TPSA) is 392 Å². The van der Waals surface area contributed by atoms with E-state index in [9.17, 15) is 75.7 Å². The van der Waals surface area contributed by atoms with Gasteiger partial charge in [-0.05, 0) is 6.92 Å². The van der Waals surface area contributed by atoms with Crippen LogP contribution in [0.5, 0.6) is 0 Å². The van der Waals surface area contributed by atoms with E-state index in [1.165, 1.54) is 14.0 Å². The number of rotatable bonds is 15. The number of nitrogens with one attached hydrogen (secondary N) is 2. The Balaban J connectivity index is 1.72. The van der Waals surface area contributed by atoms with Gasteiger partial charge in [0.25, 0.3) is 5.79 Å². The van der Waals surface area contributed by atoms with E-state index in [0.717, 1.165) is 13.8 Å². The molecule has 0 aromatic heterocycles. The lowest BCUT2D eigenvalue weighted by Gasteiger charge is -2.51. The smallest absolute Gasteiger partial charge is 0.364 e. The molecule has 4 aliphatic rings. The maximum Gasteiger partial charge on any atom is 0.364 e. The van der Waals surface area contributed by atoms with Gasteiger partial charge >= 0.3 is 5.97 Å². The molecule has 2 amide bonds. The lowest BCUT2D eigenvalue weighted by atomic mass is 9.88. The third kappa shape index (κ3) is 10.2. The number of hydrogen-bond acceptors (Lipinski definition) is 22. The molecule has 4 saturated heterocycles. The van der Waals surface area contributed by atoms with Crippen molar-refractivity contribution in [1.29, 1.82) is 0 Å². The Hall–Kier alpha value is -2.35. The molecule has 0 saturated carbocycles. The molecule has 14 N–H and O–H groups in total. The van der Waals surface area contributed by atoms with E-state index in [1.54, 1.807) is 0 Å². The molecule has 4 heterocycles. The van der Waals surface area contributed by atoms with E-state index in [0.29, 0.717) is 0 Å². The first kappa shape index (κ1) is 47.3. The molecular formula is C32H54N2O23. The number of carbonyl (C=O) groups is 3. The maximum absolute atomic E-state index is 12.9. The van der Waals surface area contributed by atoms with Crippen molar-refractivity contribution in [2.24, 2.45) is 0 Å². The summed E-state index contributed by atoms with van der Waals surface area (Å²) in [6.07, 6.45) is -33.9. The van der Waals surface area contributed by atoms with Crippen molar-refractivity contribution in [1.82, 2.24) is 10.6 Å². The number of methoxy groups -OCH3 is 1. The predicted molar refractivity (Wildman–Crippen MR) is 178 cm³/mol. The Morgan fingerprint density at radius 2 is 1.30 bits per heavy atom. The number of carboxylic acids is 1. The second kappa shape index (κ2) is 19.8. The predicted octanol–water partition coefficient (Wildman–Crippen LogP) is -8.57. The van der Waals surface area contributed by atoms with Gasteiger partial charge < -0.3 is 110 Å². The third-order valence-corrected chi connectivity index (χ3v) is 10.2. The number of aliphatic hydroxyl groups excluding tert-OH is 11. The molecule has 0 aromatic carbocycles. The van der Waals surface area contributed by atoms with Crippen LogP contribution in [-0.4, -0.2) is 234 Å². The summed E-state index contributed by atoms with van der Waals surface area (Å²) in [5.41, 5.74) is 0. The van der Waals surface area contributed by atoms with Crippen molar-refractivity contribution in [2.75, 3.05) is 26.9 Å². The highest BCUT2D eigenvalue weighted by molar-refractivity contribution is 5.76. The molecule has 25 heteroatoms. The minimum absolute atomic E-state index is 0.676. The summed E-state index contributed by atoms with van der Waals surface area (Å²) in [6, 6.07) is -2.98. The molecule has 0 aromatic rings. The lowest BCUT2D eigenvalue weighted by Crippen LogP contribution is -2.71. The van der Waals surface area contributed by atoms with Gasteiger partial charge in [-0.2, -0.15) is 0 Å². The van der Waals surface area contributed by atoms with Gasteiger partial charge in [0.05, 0.1) is 38.1 Å². The molecule has 330 valence electrons. The number of amides is 2. The van der Waals surface area contributed by atoms with Crippen molar-refractivity contribution >= 4 is 17.8 Å². The highest BCUT2D eigenvalue weighted by Gasteiger charge is 2.60. The van der Waals surface area contributed by atoms with Crippen LogP contribution in [0.1, 0.15) is 27.2 Å². The molecular weight excluding hydrogens is 780 g/mol. The van der Waals surface area contributed by atoms with Gasteiger partial charge in [0.15, 0.2) is 18.9 Å². The number of aliphatic carboxylic acids is 1. The van der Waals surface area contributed by atoms with Crippen LogP contribution in [0.2, 0.25) is 0 Å². The zero-order chi connectivity index (χ0) is 42.7. The van der Waals surface area contributed by atoms with Crippen LogP contribution >= 0.6 is 0 Å². The van der Waals surface area contributed by atoms with Crippen LogP contribution in [0.4, 0.5) is 0 Å². The van der Waals surface area contributed by atoms with Gasteiger partial charge in [0.1, 0.15) is 85.4 Å². The summed E-state index contributed by atoms with van der Waals surface area (Å²) in [6.45, 7) is 0.506. The number of aliphatic hydroxyl groups is 11. The summed E-state index contributed by atoms with van der Waals surface area (Å²) < 4.78 is 45.8. The van der Waals surface area contributed by atoms with Gasteiger partial charge in [0, 0.05) is 27.4 Å². The second-order valence-electron chi connectivity index (χ2n) is 14.2. The van der Waals surface area contributed by atoms with Crippen molar-refractivity contribution < 1.29 is 114 Å². The summed E-state index contributed by atoms with van der Waals surface area (Å²) in [5, 5.41) is 132. The molecule has 0 bridgehead atoms. The van der Waals surface area contributed by atoms with Crippen molar-refractivity contribution in [3.8, 4) is 0 Å². The van der Waals surface area contributed by atoms with Gasteiger partial charge in [-0.25, -0.2) is 4.79 Å². The molecule has 0 aliphatic carbocycles. The number of carboxylic acid groups (broad SMARTS) is 1. The number of carbonyl (C=O) groups excluding carboxylic acids is 2. The summed E-state index contributed by atoms with van der Waals surface area (Å²) in [7, 11) is 1.18. The van der Waals surface area contributed by atoms with E-state index in [-0.39, 0.29) is 0 Å². The fourth-order valence-corrected chi connectivity index (χ4v) is 7.18. The number of ether oxygens (including phenoxy) is 8. The fourth-order valence-electron chi connectivity index (χ4n) is 7.18. The van der Waals surface area contributed by atoms with Gasteiger partial charge in [-0.3, -0.25) is 9.59 Å². The second-order valence-corrected chi connectivity index (χ2v) is 14.2. The van der Waals surface area contributed by atoms with Crippen LogP contribution in [0.3, 0.4) is 0 Å². The Kier molecular flexibility index (Phi) is 16.4. The van der Waals surface area contributed by atoms with Gasteiger partial charge in [0.2, 0.25) is 11.8 Å². The molecule has 0 radical (unpaired) electrons.